The average molecular weight is 262 g/mol. The van der Waals surface area contributed by atoms with E-state index in [1.807, 2.05) is 32.0 Å². The summed E-state index contributed by atoms with van der Waals surface area (Å²) in [5, 5.41) is 11.0. The SMILES string of the molecule is Cc1ccc(C)c(C(O)c2ccc(Cl)cc2N)c1. The van der Waals surface area contributed by atoms with Crippen molar-refractivity contribution in [1.82, 2.24) is 0 Å². The molecular weight excluding hydrogens is 246 g/mol. The van der Waals surface area contributed by atoms with Crippen molar-refractivity contribution in [1.29, 1.82) is 0 Å². The van der Waals surface area contributed by atoms with Gasteiger partial charge in [0.05, 0.1) is 0 Å². The second-order valence-electron chi connectivity index (χ2n) is 4.54. The summed E-state index contributed by atoms with van der Waals surface area (Å²) in [5.74, 6) is 0. The minimum Gasteiger partial charge on any atom is -0.398 e. The zero-order valence-electron chi connectivity index (χ0n) is 10.4. The third-order valence-electron chi connectivity index (χ3n) is 3.07. The zero-order valence-corrected chi connectivity index (χ0v) is 11.2. The van der Waals surface area contributed by atoms with Gasteiger partial charge in [0, 0.05) is 16.3 Å². The molecule has 0 aliphatic rings. The highest BCUT2D eigenvalue weighted by Gasteiger charge is 2.15. The standard InChI is InChI=1S/C15H16ClNO/c1-9-3-4-10(2)13(7-9)15(18)12-6-5-11(16)8-14(12)17/h3-8,15,18H,17H2,1-2H3. The highest BCUT2D eigenvalue weighted by molar-refractivity contribution is 6.30. The first-order chi connectivity index (χ1) is 8.49. The summed E-state index contributed by atoms with van der Waals surface area (Å²) in [7, 11) is 0. The minimum atomic E-state index is -0.720. The third kappa shape index (κ3) is 2.50. The van der Waals surface area contributed by atoms with E-state index in [-0.39, 0.29) is 0 Å². The molecule has 0 aliphatic heterocycles. The van der Waals surface area contributed by atoms with E-state index in [1.54, 1.807) is 18.2 Å². The molecule has 0 saturated heterocycles. The van der Waals surface area contributed by atoms with Crippen LogP contribution in [0.25, 0.3) is 0 Å². The lowest BCUT2D eigenvalue weighted by Crippen LogP contribution is -2.05. The number of aryl methyl sites for hydroxylation is 2. The van der Waals surface area contributed by atoms with Crippen molar-refractivity contribution in [3.8, 4) is 0 Å². The van der Waals surface area contributed by atoms with E-state index >= 15 is 0 Å². The van der Waals surface area contributed by atoms with Gasteiger partial charge in [0.15, 0.2) is 0 Å². The number of benzene rings is 2. The average Bonchev–Trinajstić information content (AvgIpc) is 2.31. The van der Waals surface area contributed by atoms with Crippen molar-refractivity contribution in [2.75, 3.05) is 5.73 Å². The molecule has 2 rings (SSSR count). The van der Waals surface area contributed by atoms with Gasteiger partial charge < -0.3 is 10.8 Å². The summed E-state index contributed by atoms with van der Waals surface area (Å²) in [6, 6.07) is 11.2. The summed E-state index contributed by atoms with van der Waals surface area (Å²) in [5.41, 5.74) is 10.1. The number of anilines is 1. The Kier molecular flexibility index (Phi) is 3.60. The van der Waals surface area contributed by atoms with Gasteiger partial charge in [-0.15, -0.1) is 0 Å². The van der Waals surface area contributed by atoms with Crippen LogP contribution in [0.5, 0.6) is 0 Å². The van der Waals surface area contributed by atoms with Crippen molar-refractivity contribution in [3.63, 3.8) is 0 Å². The fraction of sp³-hybridized carbons (Fsp3) is 0.200. The number of rotatable bonds is 2. The summed E-state index contributed by atoms with van der Waals surface area (Å²) < 4.78 is 0. The fourth-order valence-electron chi connectivity index (χ4n) is 2.02. The molecule has 2 aromatic rings. The molecule has 1 unspecified atom stereocenters. The van der Waals surface area contributed by atoms with Crippen LogP contribution in [0, 0.1) is 13.8 Å². The fourth-order valence-corrected chi connectivity index (χ4v) is 2.20. The topological polar surface area (TPSA) is 46.2 Å². The third-order valence-corrected chi connectivity index (χ3v) is 3.31. The Balaban J connectivity index is 2.47. The predicted molar refractivity (Wildman–Crippen MR) is 75.8 cm³/mol. The second kappa shape index (κ2) is 5.01. The highest BCUT2D eigenvalue weighted by atomic mass is 35.5. The van der Waals surface area contributed by atoms with Gasteiger partial charge in [-0.1, -0.05) is 41.4 Å². The summed E-state index contributed by atoms with van der Waals surface area (Å²) >= 11 is 5.86. The zero-order chi connectivity index (χ0) is 13.3. The van der Waals surface area contributed by atoms with Crippen LogP contribution < -0.4 is 5.73 Å². The predicted octanol–water partition coefficient (Wildman–Crippen LogP) is 3.62. The monoisotopic (exact) mass is 261 g/mol. The number of aliphatic hydroxyl groups excluding tert-OH is 1. The number of halogens is 1. The van der Waals surface area contributed by atoms with Gasteiger partial charge in [0.25, 0.3) is 0 Å². The van der Waals surface area contributed by atoms with Crippen molar-refractivity contribution in [2.24, 2.45) is 0 Å². The van der Waals surface area contributed by atoms with Crippen molar-refractivity contribution in [2.45, 2.75) is 20.0 Å². The number of hydrogen-bond donors (Lipinski definition) is 2. The van der Waals surface area contributed by atoms with E-state index in [9.17, 15) is 5.11 Å². The molecule has 2 nitrogen and oxygen atoms in total. The van der Waals surface area contributed by atoms with E-state index in [2.05, 4.69) is 0 Å². The lowest BCUT2D eigenvalue weighted by Gasteiger charge is -2.17. The molecule has 0 aliphatic carbocycles. The van der Waals surface area contributed by atoms with E-state index in [4.69, 9.17) is 17.3 Å². The van der Waals surface area contributed by atoms with Crippen LogP contribution in [0.4, 0.5) is 5.69 Å². The molecule has 0 fully saturated rings. The van der Waals surface area contributed by atoms with Crippen molar-refractivity contribution in [3.05, 3.63) is 63.7 Å². The second-order valence-corrected chi connectivity index (χ2v) is 4.97. The first-order valence-corrected chi connectivity index (χ1v) is 6.17. The molecule has 18 heavy (non-hydrogen) atoms. The Bertz CT molecular complexity index is 581. The van der Waals surface area contributed by atoms with Crippen LogP contribution in [0.1, 0.15) is 28.4 Å². The summed E-state index contributed by atoms with van der Waals surface area (Å²) in [6.07, 6.45) is -0.720. The van der Waals surface area contributed by atoms with Crippen LogP contribution >= 0.6 is 11.6 Å². The number of nitrogens with two attached hydrogens (primary N) is 1. The van der Waals surface area contributed by atoms with Gasteiger partial charge in [0.1, 0.15) is 6.10 Å². The molecule has 1 atom stereocenters. The largest absolute Gasteiger partial charge is 0.398 e. The van der Waals surface area contributed by atoms with E-state index in [0.717, 1.165) is 16.7 Å². The Morgan fingerprint density at radius 2 is 1.78 bits per heavy atom. The van der Waals surface area contributed by atoms with Gasteiger partial charge in [-0.05, 0) is 37.1 Å². The molecule has 0 saturated carbocycles. The van der Waals surface area contributed by atoms with Crippen LogP contribution in [0.3, 0.4) is 0 Å². The molecule has 0 amide bonds. The summed E-state index contributed by atoms with van der Waals surface area (Å²) in [6.45, 7) is 3.98. The maximum absolute atomic E-state index is 10.4. The van der Waals surface area contributed by atoms with E-state index < -0.39 is 6.10 Å². The van der Waals surface area contributed by atoms with Crippen LogP contribution in [0.15, 0.2) is 36.4 Å². The lowest BCUT2D eigenvalue weighted by atomic mass is 9.95. The van der Waals surface area contributed by atoms with Crippen molar-refractivity contribution >= 4 is 17.3 Å². The first kappa shape index (κ1) is 12.9. The lowest BCUT2D eigenvalue weighted by molar-refractivity contribution is 0.220. The van der Waals surface area contributed by atoms with Gasteiger partial charge in [0.2, 0.25) is 0 Å². The minimum absolute atomic E-state index is 0.510. The maximum atomic E-state index is 10.4. The van der Waals surface area contributed by atoms with Crippen LogP contribution in [-0.4, -0.2) is 5.11 Å². The Labute approximate surface area is 112 Å². The van der Waals surface area contributed by atoms with Crippen LogP contribution in [-0.2, 0) is 0 Å². The van der Waals surface area contributed by atoms with E-state index in [0.29, 0.717) is 16.3 Å². The number of nitrogen functional groups attached to an aromatic ring is 1. The highest BCUT2D eigenvalue weighted by Crippen LogP contribution is 2.30. The molecule has 2 aromatic carbocycles. The molecule has 0 radical (unpaired) electrons. The Hall–Kier alpha value is -1.51. The maximum Gasteiger partial charge on any atom is 0.106 e. The number of aliphatic hydroxyl groups is 1. The molecule has 0 spiro atoms. The molecule has 0 aromatic heterocycles. The Morgan fingerprint density at radius 3 is 2.44 bits per heavy atom. The molecular formula is C15H16ClNO. The molecule has 3 heteroatoms. The molecule has 94 valence electrons. The van der Waals surface area contributed by atoms with Crippen LogP contribution in [0.2, 0.25) is 5.02 Å². The van der Waals surface area contributed by atoms with Gasteiger partial charge >= 0.3 is 0 Å². The normalized spacial score (nSPS) is 12.4. The first-order valence-electron chi connectivity index (χ1n) is 5.79. The van der Waals surface area contributed by atoms with Gasteiger partial charge in [-0.2, -0.15) is 0 Å². The Morgan fingerprint density at radius 1 is 1.06 bits per heavy atom. The molecule has 3 N–H and O–H groups in total. The smallest absolute Gasteiger partial charge is 0.106 e. The molecule has 0 heterocycles. The number of hydrogen-bond acceptors (Lipinski definition) is 2. The quantitative estimate of drug-likeness (QED) is 0.811. The van der Waals surface area contributed by atoms with E-state index in [1.165, 1.54) is 0 Å². The molecule has 0 bridgehead atoms. The summed E-state index contributed by atoms with van der Waals surface area (Å²) in [4.78, 5) is 0. The van der Waals surface area contributed by atoms with Gasteiger partial charge in [-0.3, -0.25) is 0 Å². The van der Waals surface area contributed by atoms with Gasteiger partial charge in [-0.25, -0.2) is 0 Å². The van der Waals surface area contributed by atoms with Crippen molar-refractivity contribution < 1.29 is 5.11 Å².